The third-order valence-electron chi connectivity index (χ3n) is 3.49. The van der Waals surface area contributed by atoms with Gasteiger partial charge in [0.2, 0.25) is 5.91 Å². The second-order valence-electron chi connectivity index (χ2n) is 5.20. The van der Waals surface area contributed by atoms with Crippen LogP contribution in [-0.2, 0) is 11.3 Å². The minimum absolute atomic E-state index is 0.0734. The number of hydrogen-bond acceptors (Lipinski definition) is 5. The lowest BCUT2D eigenvalue weighted by Gasteiger charge is -2.24. The monoisotopic (exact) mass is 324 g/mol. The SMILES string of the molecule is N#Cc1ccc(N(CCC(N)=O)Cc2ccccc2)c([N+](=O)[O-])c1. The Balaban J connectivity index is 2.40. The molecule has 0 atom stereocenters. The van der Waals surface area contributed by atoms with Crippen molar-refractivity contribution >= 4 is 17.3 Å². The van der Waals surface area contributed by atoms with Crippen molar-refractivity contribution in [3.8, 4) is 6.07 Å². The van der Waals surface area contributed by atoms with Crippen LogP contribution in [0.15, 0.2) is 48.5 Å². The van der Waals surface area contributed by atoms with E-state index in [2.05, 4.69) is 0 Å². The molecule has 0 spiro atoms. The van der Waals surface area contributed by atoms with Gasteiger partial charge in [0.25, 0.3) is 5.69 Å². The molecule has 2 aromatic rings. The highest BCUT2D eigenvalue weighted by atomic mass is 16.6. The minimum Gasteiger partial charge on any atom is -0.370 e. The van der Waals surface area contributed by atoms with E-state index >= 15 is 0 Å². The molecule has 7 heteroatoms. The molecule has 0 saturated carbocycles. The van der Waals surface area contributed by atoms with Crippen molar-refractivity contribution in [1.82, 2.24) is 0 Å². The molecule has 0 fully saturated rings. The molecule has 0 bridgehead atoms. The predicted molar refractivity (Wildman–Crippen MR) is 89.1 cm³/mol. The molecule has 1 amide bonds. The predicted octanol–water partition coefficient (Wildman–Crippen LogP) is 2.35. The molecule has 0 radical (unpaired) electrons. The summed E-state index contributed by atoms with van der Waals surface area (Å²) in [5.41, 5.74) is 6.55. The third-order valence-corrected chi connectivity index (χ3v) is 3.49. The van der Waals surface area contributed by atoms with Gasteiger partial charge in [-0.2, -0.15) is 5.26 Å². The van der Waals surface area contributed by atoms with Crippen molar-refractivity contribution in [2.75, 3.05) is 11.4 Å². The highest BCUT2D eigenvalue weighted by Gasteiger charge is 2.21. The topological polar surface area (TPSA) is 113 Å². The van der Waals surface area contributed by atoms with E-state index in [0.29, 0.717) is 12.2 Å². The lowest BCUT2D eigenvalue weighted by atomic mass is 10.1. The molecule has 0 saturated heterocycles. The van der Waals surface area contributed by atoms with Crippen molar-refractivity contribution in [2.45, 2.75) is 13.0 Å². The highest BCUT2D eigenvalue weighted by molar-refractivity contribution is 5.75. The van der Waals surface area contributed by atoms with Gasteiger partial charge < -0.3 is 10.6 Å². The van der Waals surface area contributed by atoms with Crippen LogP contribution >= 0.6 is 0 Å². The van der Waals surface area contributed by atoms with Gasteiger partial charge in [-0.15, -0.1) is 0 Å². The summed E-state index contributed by atoms with van der Waals surface area (Å²) in [6, 6.07) is 15.6. The Labute approximate surface area is 139 Å². The second-order valence-corrected chi connectivity index (χ2v) is 5.20. The largest absolute Gasteiger partial charge is 0.370 e. The average molecular weight is 324 g/mol. The number of primary amides is 1. The number of carbonyl (C=O) groups excluding carboxylic acids is 1. The van der Waals surface area contributed by atoms with Gasteiger partial charge in [-0.1, -0.05) is 30.3 Å². The van der Waals surface area contributed by atoms with Gasteiger partial charge in [0.05, 0.1) is 16.6 Å². The first-order chi connectivity index (χ1) is 11.5. The Morgan fingerprint density at radius 1 is 1.25 bits per heavy atom. The number of nitriles is 1. The molecule has 0 aromatic heterocycles. The van der Waals surface area contributed by atoms with E-state index in [4.69, 9.17) is 11.0 Å². The van der Waals surface area contributed by atoms with Gasteiger partial charge in [0.1, 0.15) is 5.69 Å². The van der Waals surface area contributed by atoms with Gasteiger partial charge in [-0.25, -0.2) is 0 Å². The van der Waals surface area contributed by atoms with Gasteiger partial charge in [0.15, 0.2) is 0 Å². The lowest BCUT2D eigenvalue weighted by molar-refractivity contribution is -0.384. The fourth-order valence-corrected chi connectivity index (χ4v) is 2.34. The molecular formula is C17H16N4O3. The Morgan fingerprint density at radius 2 is 1.96 bits per heavy atom. The number of anilines is 1. The quantitative estimate of drug-likeness (QED) is 0.620. The third kappa shape index (κ3) is 4.30. The van der Waals surface area contributed by atoms with E-state index in [1.54, 1.807) is 4.90 Å². The Hall–Kier alpha value is -3.40. The van der Waals surface area contributed by atoms with Crippen LogP contribution in [0.1, 0.15) is 17.5 Å². The van der Waals surface area contributed by atoms with Crippen LogP contribution in [0.5, 0.6) is 0 Å². The smallest absolute Gasteiger partial charge is 0.293 e. The zero-order valence-corrected chi connectivity index (χ0v) is 12.9. The number of nitro groups is 1. The van der Waals surface area contributed by atoms with E-state index in [9.17, 15) is 14.9 Å². The summed E-state index contributed by atoms with van der Waals surface area (Å²) in [5, 5.41) is 20.3. The summed E-state index contributed by atoms with van der Waals surface area (Å²) in [6.45, 7) is 0.637. The van der Waals surface area contributed by atoms with Crippen molar-refractivity contribution < 1.29 is 9.72 Å². The summed E-state index contributed by atoms with van der Waals surface area (Å²) in [7, 11) is 0. The molecule has 2 rings (SSSR count). The van der Waals surface area contributed by atoms with E-state index in [1.807, 2.05) is 36.4 Å². The van der Waals surface area contributed by atoms with Crippen molar-refractivity contribution in [2.24, 2.45) is 5.73 Å². The van der Waals surface area contributed by atoms with Crippen molar-refractivity contribution in [3.63, 3.8) is 0 Å². The van der Waals surface area contributed by atoms with Gasteiger partial charge in [0, 0.05) is 25.6 Å². The zero-order chi connectivity index (χ0) is 17.5. The average Bonchev–Trinajstić information content (AvgIpc) is 2.58. The van der Waals surface area contributed by atoms with E-state index in [0.717, 1.165) is 5.56 Å². The number of carbonyl (C=O) groups is 1. The Kier molecular flexibility index (Phi) is 5.47. The maximum Gasteiger partial charge on any atom is 0.293 e. The summed E-state index contributed by atoms with van der Waals surface area (Å²) in [6.07, 6.45) is 0.0734. The molecule has 7 nitrogen and oxygen atoms in total. The van der Waals surface area contributed by atoms with Crippen molar-refractivity contribution in [3.05, 3.63) is 69.8 Å². The summed E-state index contributed by atoms with van der Waals surface area (Å²) >= 11 is 0. The number of benzene rings is 2. The van der Waals surface area contributed by atoms with Crippen LogP contribution in [0.4, 0.5) is 11.4 Å². The van der Waals surface area contributed by atoms with Crippen molar-refractivity contribution in [1.29, 1.82) is 5.26 Å². The molecule has 24 heavy (non-hydrogen) atoms. The van der Waals surface area contributed by atoms with Gasteiger partial charge in [-0.05, 0) is 17.7 Å². The Morgan fingerprint density at radius 3 is 2.54 bits per heavy atom. The molecule has 0 aliphatic carbocycles. The normalized spacial score (nSPS) is 9.96. The maximum absolute atomic E-state index is 11.4. The highest BCUT2D eigenvalue weighted by Crippen LogP contribution is 2.30. The molecule has 122 valence electrons. The lowest BCUT2D eigenvalue weighted by Crippen LogP contribution is -2.28. The van der Waals surface area contributed by atoms with E-state index < -0.39 is 10.8 Å². The number of nitro benzene ring substituents is 1. The van der Waals surface area contributed by atoms with Crippen LogP contribution in [0.2, 0.25) is 0 Å². The molecule has 0 heterocycles. The van der Waals surface area contributed by atoms with Gasteiger partial charge in [-0.3, -0.25) is 14.9 Å². The number of nitrogens with zero attached hydrogens (tertiary/aromatic N) is 3. The van der Waals surface area contributed by atoms with Crippen LogP contribution in [0, 0.1) is 21.4 Å². The summed E-state index contributed by atoms with van der Waals surface area (Å²) in [5.74, 6) is -0.482. The van der Waals surface area contributed by atoms with E-state index in [-0.39, 0.29) is 24.2 Å². The summed E-state index contributed by atoms with van der Waals surface area (Å²) in [4.78, 5) is 23.7. The van der Waals surface area contributed by atoms with Gasteiger partial charge >= 0.3 is 0 Å². The van der Waals surface area contributed by atoms with E-state index in [1.165, 1.54) is 18.2 Å². The number of rotatable bonds is 7. The standard InChI is InChI=1S/C17H16N4O3/c18-11-14-6-7-15(16(10-14)21(23)24)20(9-8-17(19)22)12-13-4-2-1-3-5-13/h1-7,10H,8-9,12H2,(H2,19,22). The Bertz CT molecular complexity index is 784. The first kappa shape index (κ1) is 17.0. The molecule has 2 N–H and O–H groups in total. The maximum atomic E-state index is 11.4. The van der Waals surface area contributed by atoms with Crippen LogP contribution < -0.4 is 10.6 Å². The number of hydrogen-bond donors (Lipinski definition) is 1. The molecule has 0 unspecified atom stereocenters. The molecule has 0 aliphatic heterocycles. The fraction of sp³-hybridized carbons (Fsp3) is 0.176. The first-order valence-electron chi connectivity index (χ1n) is 7.27. The minimum atomic E-state index is -0.529. The van der Waals surface area contributed by atoms with Crippen LogP contribution in [0.3, 0.4) is 0 Å². The summed E-state index contributed by atoms with van der Waals surface area (Å²) < 4.78 is 0. The molecular weight excluding hydrogens is 308 g/mol. The number of amides is 1. The second kappa shape index (κ2) is 7.74. The van der Waals surface area contributed by atoms with Crippen LogP contribution in [0.25, 0.3) is 0 Å². The fourth-order valence-electron chi connectivity index (χ4n) is 2.34. The van der Waals surface area contributed by atoms with Crippen LogP contribution in [-0.4, -0.2) is 17.4 Å². The molecule has 2 aromatic carbocycles. The first-order valence-corrected chi connectivity index (χ1v) is 7.27. The molecule has 0 aliphatic rings. The zero-order valence-electron chi connectivity index (χ0n) is 12.9. The number of nitrogens with two attached hydrogens (primary N) is 1.